The van der Waals surface area contributed by atoms with Gasteiger partial charge in [0.1, 0.15) is 11.6 Å². The zero-order chi connectivity index (χ0) is 20.6. The molecule has 29 heavy (non-hydrogen) atoms. The van der Waals surface area contributed by atoms with E-state index in [0.717, 1.165) is 17.4 Å². The monoisotopic (exact) mass is 433 g/mol. The van der Waals surface area contributed by atoms with Crippen LogP contribution in [0, 0.1) is 5.82 Å². The van der Waals surface area contributed by atoms with Crippen molar-refractivity contribution in [1.29, 1.82) is 0 Å². The lowest BCUT2D eigenvalue weighted by Crippen LogP contribution is -2.35. The van der Waals surface area contributed by atoms with Gasteiger partial charge in [-0.1, -0.05) is 41.3 Å². The van der Waals surface area contributed by atoms with Crippen LogP contribution in [0.1, 0.15) is 0 Å². The Labute approximate surface area is 173 Å². The maximum Gasteiger partial charge on any atom is 0.325 e. The molecule has 3 amide bonds. The van der Waals surface area contributed by atoms with Crippen molar-refractivity contribution < 1.29 is 18.7 Å². The first kappa shape index (κ1) is 20.6. The van der Waals surface area contributed by atoms with Gasteiger partial charge in [-0.15, -0.1) is 10.2 Å². The minimum absolute atomic E-state index is 0.0113. The summed E-state index contributed by atoms with van der Waals surface area (Å²) in [5, 5.41) is 16.1. The van der Waals surface area contributed by atoms with Gasteiger partial charge in [0, 0.05) is 11.8 Å². The van der Waals surface area contributed by atoms with Crippen molar-refractivity contribution in [1.82, 2.24) is 15.5 Å². The number of para-hydroxylation sites is 1. The van der Waals surface area contributed by atoms with E-state index in [2.05, 4.69) is 26.1 Å². The number of carbonyl (C=O) groups excluding carboxylic acids is 2. The number of anilines is 3. The van der Waals surface area contributed by atoms with Gasteiger partial charge in [0.15, 0.2) is 4.34 Å². The van der Waals surface area contributed by atoms with Crippen LogP contribution >= 0.6 is 23.1 Å². The second-order valence-electron chi connectivity index (χ2n) is 5.50. The molecule has 0 bridgehead atoms. The standard InChI is InChI=1S/C18H16FN5O3S2/c1-27-12-6-4-5-11(9-12)20-17-23-24-18(29-17)28-10-15(25)22-16(26)21-14-8-3-2-7-13(14)19/h2-9H,10H2,1H3,(H,20,23)(H2,21,22,25,26). The highest BCUT2D eigenvalue weighted by atomic mass is 32.2. The SMILES string of the molecule is COc1cccc(Nc2nnc(SCC(=O)NC(=O)Nc3ccccc3F)s2)c1. The predicted octanol–water partition coefficient (Wildman–Crippen LogP) is 3.87. The fourth-order valence-corrected chi connectivity index (χ4v) is 3.72. The van der Waals surface area contributed by atoms with Crippen molar-refractivity contribution in [2.45, 2.75) is 4.34 Å². The molecule has 0 saturated carbocycles. The molecule has 0 aliphatic rings. The summed E-state index contributed by atoms with van der Waals surface area (Å²) in [5.74, 6) is -0.464. The van der Waals surface area contributed by atoms with E-state index in [1.165, 1.54) is 29.5 Å². The molecule has 0 spiro atoms. The van der Waals surface area contributed by atoms with Crippen molar-refractivity contribution in [2.75, 3.05) is 23.5 Å². The normalized spacial score (nSPS) is 10.3. The van der Waals surface area contributed by atoms with E-state index in [-0.39, 0.29) is 11.4 Å². The van der Waals surface area contributed by atoms with Gasteiger partial charge in [0.2, 0.25) is 11.0 Å². The number of aromatic nitrogens is 2. The summed E-state index contributed by atoms with van der Waals surface area (Å²) in [5.41, 5.74) is 0.780. The Morgan fingerprint density at radius 3 is 2.79 bits per heavy atom. The molecular weight excluding hydrogens is 417 g/mol. The second kappa shape index (κ2) is 9.85. The molecule has 0 fully saturated rings. The first-order valence-electron chi connectivity index (χ1n) is 8.26. The molecule has 1 aromatic heterocycles. The molecule has 3 aromatic rings. The Hall–Kier alpha value is -3.18. The lowest BCUT2D eigenvalue weighted by Gasteiger charge is -2.06. The Morgan fingerprint density at radius 1 is 1.17 bits per heavy atom. The van der Waals surface area contributed by atoms with Crippen molar-refractivity contribution >= 4 is 51.5 Å². The first-order valence-corrected chi connectivity index (χ1v) is 10.1. The number of methoxy groups -OCH3 is 1. The van der Waals surface area contributed by atoms with Crippen LogP contribution in [-0.2, 0) is 4.79 Å². The van der Waals surface area contributed by atoms with Gasteiger partial charge >= 0.3 is 6.03 Å². The fraction of sp³-hybridized carbons (Fsp3) is 0.111. The van der Waals surface area contributed by atoms with E-state index in [0.29, 0.717) is 15.2 Å². The minimum atomic E-state index is -0.807. The number of urea groups is 1. The number of hydrogen-bond donors (Lipinski definition) is 3. The van der Waals surface area contributed by atoms with E-state index in [4.69, 9.17) is 4.74 Å². The second-order valence-corrected chi connectivity index (χ2v) is 7.70. The number of nitrogens with zero attached hydrogens (tertiary/aromatic N) is 2. The zero-order valence-corrected chi connectivity index (χ0v) is 16.8. The maximum absolute atomic E-state index is 13.5. The predicted molar refractivity (Wildman–Crippen MR) is 110 cm³/mol. The number of benzene rings is 2. The lowest BCUT2D eigenvalue weighted by molar-refractivity contribution is -0.117. The van der Waals surface area contributed by atoms with Crippen LogP contribution in [0.5, 0.6) is 5.75 Å². The van der Waals surface area contributed by atoms with E-state index in [1.54, 1.807) is 13.2 Å². The quantitative estimate of drug-likeness (QED) is 0.486. The van der Waals surface area contributed by atoms with Crippen molar-refractivity contribution in [2.24, 2.45) is 0 Å². The maximum atomic E-state index is 13.5. The van der Waals surface area contributed by atoms with E-state index in [1.807, 2.05) is 24.3 Å². The van der Waals surface area contributed by atoms with Crippen LogP contribution in [0.25, 0.3) is 0 Å². The van der Waals surface area contributed by atoms with Gasteiger partial charge in [-0.05, 0) is 24.3 Å². The van der Waals surface area contributed by atoms with Crippen molar-refractivity contribution in [3.63, 3.8) is 0 Å². The topological polar surface area (TPSA) is 105 Å². The lowest BCUT2D eigenvalue weighted by atomic mass is 10.3. The molecule has 3 rings (SSSR count). The number of nitrogens with one attached hydrogen (secondary N) is 3. The van der Waals surface area contributed by atoms with Gasteiger partial charge in [-0.25, -0.2) is 9.18 Å². The highest BCUT2D eigenvalue weighted by Gasteiger charge is 2.12. The van der Waals surface area contributed by atoms with Crippen LogP contribution in [0.2, 0.25) is 0 Å². The number of amides is 3. The molecule has 150 valence electrons. The molecule has 0 aliphatic carbocycles. The highest BCUT2D eigenvalue weighted by Crippen LogP contribution is 2.28. The average molecular weight is 433 g/mol. The van der Waals surface area contributed by atoms with Crippen molar-refractivity contribution in [3.05, 3.63) is 54.3 Å². The molecule has 0 saturated heterocycles. The Balaban J connectivity index is 1.47. The Kier molecular flexibility index (Phi) is 6.98. The smallest absolute Gasteiger partial charge is 0.325 e. The molecule has 8 nitrogen and oxygen atoms in total. The molecule has 0 unspecified atom stereocenters. The van der Waals surface area contributed by atoms with E-state index in [9.17, 15) is 14.0 Å². The summed E-state index contributed by atoms with van der Waals surface area (Å²) in [6.45, 7) is 0. The van der Waals surface area contributed by atoms with Crippen molar-refractivity contribution in [3.8, 4) is 5.75 Å². The number of thioether (sulfide) groups is 1. The summed E-state index contributed by atoms with van der Waals surface area (Å²) in [6.07, 6.45) is 0. The summed E-state index contributed by atoms with van der Waals surface area (Å²) >= 11 is 2.40. The van der Waals surface area contributed by atoms with Crippen LogP contribution in [0.15, 0.2) is 52.9 Å². The Morgan fingerprint density at radius 2 is 2.00 bits per heavy atom. The number of carbonyl (C=O) groups is 2. The molecule has 0 radical (unpaired) electrons. The first-order chi connectivity index (χ1) is 14.0. The van der Waals surface area contributed by atoms with Gasteiger partial charge < -0.3 is 15.4 Å². The molecule has 0 aliphatic heterocycles. The molecular formula is C18H16FN5O3S2. The number of hydrogen-bond acceptors (Lipinski definition) is 8. The fourth-order valence-electron chi connectivity index (χ4n) is 2.15. The van der Waals surface area contributed by atoms with E-state index >= 15 is 0 Å². The number of ether oxygens (including phenoxy) is 1. The summed E-state index contributed by atoms with van der Waals surface area (Å²) in [7, 11) is 1.58. The number of halogens is 1. The van der Waals surface area contributed by atoms with Gasteiger partial charge in [0.05, 0.1) is 18.6 Å². The molecule has 11 heteroatoms. The highest BCUT2D eigenvalue weighted by molar-refractivity contribution is 8.01. The van der Waals surface area contributed by atoms with Gasteiger partial charge in [0.25, 0.3) is 0 Å². The number of rotatable bonds is 7. The molecule has 1 heterocycles. The molecule has 3 N–H and O–H groups in total. The summed E-state index contributed by atoms with van der Waals surface area (Å²) in [6, 6.07) is 12.2. The van der Waals surface area contributed by atoms with Crippen LogP contribution in [-0.4, -0.2) is 35.0 Å². The average Bonchev–Trinajstić information content (AvgIpc) is 3.15. The third kappa shape index (κ3) is 6.16. The minimum Gasteiger partial charge on any atom is -0.497 e. The van der Waals surface area contributed by atoms with E-state index < -0.39 is 17.8 Å². The Bertz CT molecular complexity index is 1010. The zero-order valence-electron chi connectivity index (χ0n) is 15.1. The van der Waals surface area contributed by atoms with Gasteiger partial charge in [-0.3, -0.25) is 10.1 Å². The van der Waals surface area contributed by atoms with Gasteiger partial charge in [-0.2, -0.15) is 0 Å². The summed E-state index contributed by atoms with van der Waals surface area (Å²) < 4.78 is 19.2. The molecule has 0 atom stereocenters. The third-order valence-corrected chi connectivity index (χ3v) is 5.40. The van der Waals surface area contributed by atoms with Crippen LogP contribution in [0.4, 0.5) is 25.7 Å². The largest absolute Gasteiger partial charge is 0.497 e. The van der Waals surface area contributed by atoms with Crippen LogP contribution in [0.3, 0.4) is 0 Å². The molecule has 2 aromatic carbocycles. The summed E-state index contributed by atoms with van der Waals surface area (Å²) in [4.78, 5) is 23.7. The number of imide groups is 1. The van der Waals surface area contributed by atoms with Crippen LogP contribution < -0.4 is 20.7 Å². The third-order valence-electron chi connectivity index (χ3n) is 3.43.